The van der Waals surface area contributed by atoms with Crippen molar-refractivity contribution in [1.82, 2.24) is 0 Å². The van der Waals surface area contributed by atoms with Crippen molar-refractivity contribution in [3.63, 3.8) is 0 Å². The minimum absolute atomic E-state index is 0.218. The van der Waals surface area contributed by atoms with Crippen LogP contribution in [0.25, 0.3) is 10.8 Å². The van der Waals surface area contributed by atoms with E-state index in [1.165, 1.54) is 0 Å². The van der Waals surface area contributed by atoms with Gasteiger partial charge in [0.05, 0.1) is 11.9 Å². The summed E-state index contributed by atoms with van der Waals surface area (Å²) in [7, 11) is 0. The lowest BCUT2D eigenvalue weighted by molar-refractivity contribution is 0.474. The van der Waals surface area contributed by atoms with E-state index < -0.39 is 0 Å². The fraction of sp³-hybridized carbons (Fsp3) is 0. The topological polar surface area (TPSA) is 44.6 Å². The van der Waals surface area contributed by atoms with Gasteiger partial charge >= 0.3 is 0 Å². The number of nitrogens with zero attached hydrogens (tertiary/aromatic N) is 1. The van der Waals surface area contributed by atoms with E-state index in [2.05, 4.69) is 22.7 Å². The zero-order valence-electron chi connectivity index (χ0n) is 10.8. The molecule has 0 fully saturated rings. The molecule has 3 aromatic rings. The smallest absolute Gasteiger partial charge is 0.124 e. The molecule has 0 amide bonds. The van der Waals surface area contributed by atoms with E-state index in [4.69, 9.17) is 0 Å². The summed E-state index contributed by atoms with van der Waals surface area (Å²) < 4.78 is 0. The van der Waals surface area contributed by atoms with E-state index >= 15 is 0 Å². The molecular formula is C17H14N2O. The third-order valence-corrected chi connectivity index (χ3v) is 3.12. The molecular weight excluding hydrogens is 248 g/mol. The van der Waals surface area contributed by atoms with Gasteiger partial charge in [-0.2, -0.15) is 5.10 Å². The van der Waals surface area contributed by atoms with Crippen LogP contribution in [0.15, 0.2) is 71.8 Å². The maximum absolute atomic E-state index is 9.66. The van der Waals surface area contributed by atoms with Crippen molar-refractivity contribution >= 4 is 22.7 Å². The molecule has 2 N–H and O–H groups in total. The summed E-state index contributed by atoms with van der Waals surface area (Å²) in [6.07, 6.45) is 1.61. The van der Waals surface area contributed by atoms with E-state index in [0.29, 0.717) is 5.56 Å². The van der Waals surface area contributed by atoms with E-state index in [1.807, 2.05) is 42.5 Å². The number of hydrogen-bond acceptors (Lipinski definition) is 3. The Kier molecular flexibility index (Phi) is 3.33. The van der Waals surface area contributed by atoms with Crippen LogP contribution in [0, 0.1) is 0 Å². The van der Waals surface area contributed by atoms with Crippen LogP contribution in [0.3, 0.4) is 0 Å². The summed E-state index contributed by atoms with van der Waals surface area (Å²) in [6, 6.07) is 21.2. The number of phenolic OH excluding ortho intramolecular Hbond substituents is 1. The summed E-state index contributed by atoms with van der Waals surface area (Å²) in [5.41, 5.74) is 4.64. The Morgan fingerprint density at radius 3 is 2.50 bits per heavy atom. The maximum atomic E-state index is 9.66. The number of para-hydroxylation sites is 1. The SMILES string of the molecule is Oc1ccccc1/C=N/Nc1cccc2ccccc12. The first kappa shape index (κ1) is 12.2. The summed E-state index contributed by atoms with van der Waals surface area (Å²) in [6.45, 7) is 0. The van der Waals surface area contributed by atoms with Crippen molar-refractivity contribution in [1.29, 1.82) is 0 Å². The molecule has 3 rings (SSSR count). The standard InChI is InChI=1S/C17H14N2O/c20-17-11-4-2-7-14(17)12-18-19-16-10-5-8-13-6-1-3-9-15(13)16/h1-12,19-20H/b18-12+. The molecule has 0 heterocycles. The second kappa shape index (κ2) is 5.45. The predicted octanol–water partition coefficient (Wildman–Crippen LogP) is 3.99. The van der Waals surface area contributed by atoms with Crippen molar-refractivity contribution < 1.29 is 5.11 Å². The first-order valence-corrected chi connectivity index (χ1v) is 6.39. The van der Waals surface area contributed by atoms with Gasteiger partial charge in [0, 0.05) is 10.9 Å². The van der Waals surface area contributed by atoms with E-state index in [1.54, 1.807) is 18.3 Å². The molecule has 0 radical (unpaired) electrons. The Morgan fingerprint density at radius 1 is 0.850 bits per heavy atom. The molecule has 0 saturated heterocycles. The highest BCUT2D eigenvalue weighted by molar-refractivity contribution is 5.94. The van der Waals surface area contributed by atoms with Crippen LogP contribution >= 0.6 is 0 Å². The zero-order chi connectivity index (χ0) is 13.8. The third kappa shape index (κ3) is 2.47. The van der Waals surface area contributed by atoms with Crippen LogP contribution in [0.1, 0.15) is 5.56 Å². The fourth-order valence-electron chi connectivity index (χ4n) is 2.09. The highest BCUT2D eigenvalue weighted by atomic mass is 16.3. The quantitative estimate of drug-likeness (QED) is 0.553. The van der Waals surface area contributed by atoms with E-state index in [-0.39, 0.29) is 5.75 Å². The highest BCUT2D eigenvalue weighted by Gasteiger charge is 1.98. The number of aromatic hydroxyl groups is 1. The Hall–Kier alpha value is -2.81. The van der Waals surface area contributed by atoms with Gasteiger partial charge in [0.2, 0.25) is 0 Å². The monoisotopic (exact) mass is 262 g/mol. The summed E-state index contributed by atoms with van der Waals surface area (Å²) in [5.74, 6) is 0.218. The molecule has 0 aliphatic rings. The molecule has 0 atom stereocenters. The van der Waals surface area contributed by atoms with Gasteiger partial charge in [-0.1, -0.05) is 48.5 Å². The number of anilines is 1. The fourth-order valence-corrected chi connectivity index (χ4v) is 2.09. The van der Waals surface area contributed by atoms with E-state index in [0.717, 1.165) is 16.5 Å². The Balaban J connectivity index is 1.86. The van der Waals surface area contributed by atoms with Crippen molar-refractivity contribution in [3.8, 4) is 5.75 Å². The van der Waals surface area contributed by atoms with Crippen LogP contribution in [0.5, 0.6) is 5.75 Å². The van der Waals surface area contributed by atoms with Crippen molar-refractivity contribution in [2.45, 2.75) is 0 Å². The van der Waals surface area contributed by atoms with Gasteiger partial charge in [0.25, 0.3) is 0 Å². The third-order valence-electron chi connectivity index (χ3n) is 3.12. The van der Waals surface area contributed by atoms with E-state index in [9.17, 15) is 5.11 Å². The van der Waals surface area contributed by atoms with Crippen LogP contribution in [0.4, 0.5) is 5.69 Å². The van der Waals surface area contributed by atoms with Crippen LogP contribution in [-0.4, -0.2) is 11.3 Å². The molecule has 98 valence electrons. The molecule has 0 aliphatic heterocycles. The minimum atomic E-state index is 0.218. The largest absolute Gasteiger partial charge is 0.507 e. The first-order chi connectivity index (χ1) is 9.84. The zero-order valence-corrected chi connectivity index (χ0v) is 10.8. The molecule has 0 bridgehead atoms. The molecule has 0 unspecified atom stereocenters. The van der Waals surface area contributed by atoms with Crippen LogP contribution < -0.4 is 5.43 Å². The first-order valence-electron chi connectivity index (χ1n) is 6.39. The number of benzene rings is 3. The summed E-state index contributed by atoms with van der Waals surface area (Å²) in [4.78, 5) is 0. The summed E-state index contributed by atoms with van der Waals surface area (Å²) >= 11 is 0. The average molecular weight is 262 g/mol. The molecule has 3 aromatic carbocycles. The molecule has 3 nitrogen and oxygen atoms in total. The lowest BCUT2D eigenvalue weighted by Gasteiger charge is -2.05. The Morgan fingerprint density at radius 2 is 1.60 bits per heavy atom. The number of phenols is 1. The molecule has 3 heteroatoms. The van der Waals surface area contributed by atoms with Crippen molar-refractivity contribution in [2.75, 3.05) is 5.43 Å². The second-order valence-corrected chi connectivity index (χ2v) is 4.46. The molecule has 20 heavy (non-hydrogen) atoms. The van der Waals surface area contributed by atoms with Gasteiger partial charge in [0.15, 0.2) is 0 Å². The lowest BCUT2D eigenvalue weighted by Crippen LogP contribution is -1.91. The predicted molar refractivity (Wildman–Crippen MR) is 83.3 cm³/mol. The number of hydrazone groups is 1. The summed E-state index contributed by atoms with van der Waals surface area (Å²) in [5, 5.41) is 16.1. The molecule has 0 saturated carbocycles. The number of nitrogens with one attached hydrogen (secondary N) is 1. The van der Waals surface area contributed by atoms with Gasteiger partial charge < -0.3 is 5.11 Å². The number of rotatable bonds is 3. The number of hydrogen-bond donors (Lipinski definition) is 2. The maximum Gasteiger partial charge on any atom is 0.124 e. The second-order valence-electron chi connectivity index (χ2n) is 4.46. The van der Waals surface area contributed by atoms with Crippen LogP contribution in [0.2, 0.25) is 0 Å². The molecule has 0 aromatic heterocycles. The normalized spacial score (nSPS) is 11.0. The van der Waals surface area contributed by atoms with Gasteiger partial charge in [-0.25, -0.2) is 0 Å². The van der Waals surface area contributed by atoms with Crippen molar-refractivity contribution in [3.05, 3.63) is 72.3 Å². The van der Waals surface area contributed by atoms with Crippen LogP contribution in [-0.2, 0) is 0 Å². The number of fused-ring (bicyclic) bond motifs is 1. The van der Waals surface area contributed by atoms with Gasteiger partial charge in [-0.05, 0) is 23.6 Å². The molecule has 0 aliphatic carbocycles. The minimum Gasteiger partial charge on any atom is -0.507 e. The molecule has 0 spiro atoms. The van der Waals surface area contributed by atoms with Gasteiger partial charge in [-0.3, -0.25) is 5.43 Å². The average Bonchev–Trinajstić information content (AvgIpc) is 2.49. The Bertz CT molecular complexity index is 760. The highest BCUT2D eigenvalue weighted by Crippen LogP contribution is 2.23. The van der Waals surface area contributed by atoms with Crippen molar-refractivity contribution in [2.24, 2.45) is 5.10 Å². The van der Waals surface area contributed by atoms with Gasteiger partial charge in [0.1, 0.15) is 5.75 Å². The van der Waals surface area contributed by atoms with Gasteiger partial charge in [-0.15, -0.1) is 0 Å². The lowest BCUT2D eigenvalue weighted by atomic mass is 10.1. The Labute approximate surface area is 117 Å².